The third kappa shape index (κ3) is 4.57. The molecule has 0 aliphatic carbocycles. The van der Waals surface area contributed by atoms with Crippen LogP contribution in [0.5, 0.6) is 0 Å². The molecule has 2 amide bonds. The van der Waals surface area contributed by atoms with Crippen LogP contribution in [0.25, 0.3) is 0 Å². The Morgan fingerprint density at radius 1 is 1.35 bits per heavy atom. The van der Waals surface area contributed by atoms with E-state index in [0.717, 1.165) is 6.42 Å². The minimum absolute atomic E-state index is 0.185. The zero-order chi connectivity index (χ0) is 15.5. The van der Waals surface area contributed by atoms with Crippen molar-refractivity contribution in [1.82, 2.24) is 9.80 Å². The maximum Gasteiger partial charge on any atom is 0.406 e. The van der Waals surface area contributed by atoms with E-state index in [0.29, 0.717) is 17.9 Å². The summed E-state index contributed by atoms with van der Waals surface area (Å²) >= 11 is 0. The topological polar surface area (TPSA) is 60.9 Å². The minimum Gasteiger partial charge on any atom is -0.480 e. The van der Waals surface area contributed by atoms with Crippen LogP contribution in [-0.2, 0) is 4.79 Å². The monoisotopic (exact) mass is 296 g/mol. The lowest BCUT2D eigenvalue weighted by Gasteiger charge is -2.40. The van der Waals surface area contributed by atoms with Gasteiger partial charge >= 0.3 is 18.2 Å². The first-order chi connectivity index (χ1) is 9.11. The van der Waals surface area contributed by atoms with Crippen molar-refractivity contribution in [2.75, 3.05) is 19.6 Å². The molecule has 1 heterocycles. The highest BCUT2D eigenvalue weighted by molar-refractivity contribution is 5.80. The van der Waals surface area contributed by atoms with Crippen LogP contribution >= 0.6 is 0 Å². The molecule has 8 heteroatoms. The molecular formula is C12H19F3N2O3. The number of urea groups is 1. The average molecular weight is 296 g/mol. The first-order valence-corrected chi connectivity index (χ1v) is 6.46. The van der Waals surface area contributed by atoms with E-state index in [2.05, 4.69) is 0 Å². The average Bonchev–Trinajstić information content (AvgIpc) is 2.28. The smallest absolute Gasteiger partial charge is 0.406 e. The standard InChI is InChI=1S/C12H19F3N2O3/c1-8-4-3-5-17(9(8)2)11(20)16(6-10(18)19)7-12(13,14)15/h8-9H,3-7H2,1-2H3,(H,18,19). The van der Waals surface area contributed by atoms with Gasteiger partial charge in [-0.1, -0.05) is 6.92 Å². The predicted molar refractivity (Wildman–Crippen MR) is 65.2 cm³/mol. The molecule has 116 valence electrons. The van der Waals surface area contributed by atoms with Crippen LogP contribution in [0.2, 0.25) is 0 Å². The Kier molecular flexibility index (Phi) is 5.24. The molecule has 0 aromatic heterocycles. The first-order valence-electron chi connectivity index (χ1n) is 6.46. The first kappa shape index (κ1) is 16.6. The van der Waals surface area contributed by atoms with Gasteiger partial charge in [-0.05, 0) is 25.7 Å². The van der Waals surface area contributed by atoms with Gasteiger partial charge in [-0.15, -0.1) is 0 Å². The molecule has 1 saturated heterocycles. The van der Waals surface area contributed by atoms with E-state index >= 15 is 0 Å². The second-order valence-electron chi connectivity index (χ2n) is 5.20. The molecule has 1 N–H and O–H groups in total. The van der Waals surface area contributed by atoms with Gasteiger partial charge in [-0.3, -0.25) is 4.79 Å². The Hall–Kier alpha value is -1.47. The molecule has 2 atom stereocenters. The predicted octanol–water partition coefficient (Wildman–Crippen LogP) is 2.18. The normalized spacial score (nSPS) is 23.6. The van der Waals surface area contributed by atoms with Gasteiger partial charge in [-0.25, -0.2) is 4.79 Å². The van der Waals surface area contributed by atoms with Gasteiger partial charge in [0.1, 0.15) is 13.1 Å². The summed E-state index contributed by atoms with van der Waals surface area (Å²) in [5.41, 5.74) is 0. The van der Waals surface area contributed by atoms with E-state index in [4.69, 9.17) is 5.11 Å². The molecule has 0 bridgehead atoms. The molecule has 0 aromatic carbocycles. The number of carboxylic acid groups (broad SMARTS) is 1. The number of likely N-dealkylation sites (tertiary alicyclic amines) is 1. The number of hydrogen-bond acceptors (Lipinski definition) is 2. The molecule has 0 spiro atoms. The molecule has 1 rings (SSSR count). The van der Waals surface area contributed by atoms with E-state index in [-0.39, 0.29) is 12.0 Å². The highest BCUT2D eigenvalue weighted by atomic mass is 19.4. The molecule has 1 aliphatic rings. The third-order valence-corrected chi connectivity index (χ3v) is 3.59. The van der Waals surface area contributed by atoms with Crippen molar-refractivity contribution in [3.05, 3.63) is 0 Å². The number of aliphatic carboxylic acids is 1. The fourth-order valence-electron chi connectivity index (χ4n) is 2.36. The van der Waals surface area contributed by atoms with Gasteiger partial charge in [0.05, 0.1) is 0 Å². The molecule has 20 heavy (non-hydrogen) atoms. The summed E-state index contributed by atoms with van der Waals surface area (Å²) in [6.07, 6.45) is -3.00. The fraction of sp³-hybridized carbons (Fsp3) is 0.833. The van der Waals surface area contributed by atoms with Gasteiger partial charge in [0, 0.05) is 12.6 Å². The molecular weight excluding hydrogens is 277 g/mol. The van der Waals surface area contributed by atoms with Crippen LogP contribution in [0.1, 0.15) is 26.7 Å². The molecule has 0 aromatic rings. The fourth-order valence-corrected chi connectivity index (χ4v) is 2.36. The third-order valence-electron chi connectivity index (χ3n) is 3.59. The van der Waals surface area contributed by atoms with Gasteiger partial charge < -0.3 is 14.9 Å². The van der Waals surface area contributed by atoms with Gasteiger partial charge in [-0.2, -0.15) is 13.2 Å². The number of halogens is 3. The number of nitrogens with zero attached hydrogens (tertiary/aromatic N) is 2. The van der Waals surface area contributed by atoms with Crippen molar-refractivity contribution in [3.8, 4) is 0 Å². The molecule has 0 radical (unpaired) electrons. The Morgan fingerprint density at radius 3 is 2.45 bits per heavy atom. The zero-order valence-electron chi connectivity index (χ0n) is 11.5. The molecule has 1 fully saturated rings. The van der Waals surface area contributed by atoms with E-state index < -0.39 is 31.3 Å². The van der Waals surface area contributed by atoms with Crippen molar-refractivity contribution in [1.29, 1.82) is 0 Å². The Morgan fingerprint density at radius 2 is 1.95 bits per heavy atom. The van der Waals surface area contributed by atoms with Crippen LogP contribution in [-0.4, -0.2) is 58.8 Å². The number of amides is 2. The van der Waals surface area contributed by atoms with E-state index in [1.807, 2.05) is 6.92 Å². The summed E-state index contributed by atoms with van der Waals surface area (Å²) < 4.78 is 37.4. The van der Waals surface area contributed by atoms with Crippen LogP contribution < -0.4 is 0 Å². The second-order valence-corrected chi connectivity index (χ2v) is 5.20. The van der Waals surface area contributed by atoms with E-state index in [9.17, 15) is 22.8 Å². The number of rotatable bonds is 3. The number of carbonyl (C=O) groups excluding carboxylic acids is 1. The van der Waals surface area contributed by atoms with Crippen molar-refractivity contribution >= 4 is 12.0 Å². The molecule has 1 aliphatic heterocycles. The highest BCUT2D eigenvalue weighted by Crippen LogP contribution is 2.25. The van der Waals surface area contributed by atoms with E-state index in [1.54, 1.807) is 6.92 Å². The Labute approximate surface area is 115 Å². The maximum atomic E-state index is 12.5. The summed E-state index contributed by atoms with van der Waals surface area (Å²) in [5, 5.41) is 8.67. The Balaban J connectivity index is 2.83. The van der Waals surface area contributed by atoms with Gasteiger partial charge in [0.2, 0.25) is 0 Å². The quantitative estimate of drug-likeness (QED) is 0.868. The van der Waals surface area contributed by atoms with Gasteiger partial charge in [0.25, 0.3) is 0 Å². The Bertz CT molecular complexity index is 373. The van der Waals surface area contributed by atoms with Crippen molar-refractivity contribution in [3.63, 3.8) is 0 Å². The summed E-state index contributed by atoms with van der Waals surface area (Å²) in [6, 6.07) is -1.05. The van der Waals surface area contributed by atoms with Crippen LogP contribution in [0.4, 0.5) is 18.0 Å². The van der Waals surface area contributed by atoms with Crippen LogP contribution in [0, 0.1) is 5.92 Å². The van der Waals surface area contributed by atoms with E-state index in [1.165, 1.54) is 4.90 Å². The number of carboxylic acids is 1. The number of piperidine rings is 1. The van der Waals surface area contributed by atoms with Crippen molar-refractivity contribution < 1.29 is 27.9 Å². The number of hydrogen-bond donors (Lipinski definition) is 1. The van der Waals surface area contributed by atoms with Crippen molar-refractivity contribution in [2.45, 2.75) is 38.9 Å². The summed E-state index contributed by atoms with van der Waals surface area (Å²) in [5.74, 6) is -1.27. The largest absolute Gasteiger partial charge is 0.480 e. The molecule has 0 saturated carbocycles. The zero-order valence-corrected chi connectivity index (χ0v) is 11.5. The minimum atomic E-state index is -4.62. The molecule has 2 unspecified atom stereocenters. The number of alkyl halides is 3. The summed E-state index contributed by atoms with van der Waals surface area (Å²) in [6.45, 7) is 1.56. The molecule has 5 nitrogen and oxygen atoms in total. The van der Waals surface area contributed by atoms with Gasteiger partial charge in [0.15, 0.2) is 0 Å². The lowest BCUT2D eigenvalue weighted by molar-refractivity contribution is -0.150. The SMILES string of the molecule is CC1CCCN(C(=O)N(CC(=O)O)CC(F)(F)F)C1C. The maximum absolute atomic E-state index is 12.5. The number of carbonyl (C=O) groups is 2. The van der Waals surface area contributed by atoms with Crippen LogP contribution in [0.15, 0.2) is 0 Å². The summed E-state index contributed by atoms with van der Waals surface area (Å²) in [4.78, 5) is 24.5. The second kappa shape index (κ2) is 6.32. The lowest BCUT2D eigenvalue weighted by atomic mass is 9.92. The van der Waals surface area contributed by atoms with Crippen LogP contribution in [0.3, 0.4) is 0 Å². The lowest BCUT2D eigenvalue weighted by Crippen LogP contribution is -2.54. The van der Waals surface area contributed by atoms with Crippen molar-refractivity contribution in [2.24, 2.45) is 5.92 Å². The highest BCUT2D eigenvalue weighted by Gasteiger charge is 2.38. The summed E-state index contributed by atoms with van der Waals surface area (Å²) in [7, 11) is 0.